The van der Waals surface area contributed by atoms with Gasteiger partial charge in [0, 0.05) is 30.9 Å². The Morgan fingerprint density at radius 3 is 2.86 bits per heavy atom. The average molecular weight is 302 g/mol. The first kappa shape index (κ1) is 15.7. The van der Waals surface area contributed by atoms with Crippen molar-refractivity contribution in [3.8, 4) is 0 Å². The number of nitrogens with zero attached hydrogens (tertiary/aromatic N) is 3. The molecule has 4 nitrogen and oxygen atoms in total. The van der Waals surface area contributed by atoms with Crippen LogP contribution in [0.4, 0.5) is 5.82 Å². The van der Waals surface area contributed by atoms with Crippen molar-refractivity contribution in [1.29, 1.82) is 0 Å². The van der Waals surface area contributed by atoms with E-state index < -0.39 is 0 Å². The summed E-state index contributed by atoms with van der Waals surface area (Å²) in [5.74, 6) is 3.55. The summed E-state index contributed by atoms with van der Waals surface area (Å²) >= 11 is 0. The van der Waals surface area contributed by atoms with Crippen LogP contribution < -0.4 is 5.32 Å². The SMILES string of the molecule is Cc1nc2c(c(NCC3CCN(CC(C)C)C3)n1)CCCC2. The third kappa shape index (κ3) is 3.78. The van der Waals surface area contributed by atoms with Gasteiger partial charge in [0.2, 0.25) is 0 Å². The summed E-state index contributed by atoms with van der Waals surface area (Å²) in [5, 5.41) is 3.65. The number of anilines is 1. The summed E-state index contributed by atoms with van der Waals surface area (Å²) in [5.41, 5.74) is 2.67. The lowest BCUT2D eigenvalue weighted by Crippen LogP contribution is -2.27. The molecule has 1 saturated heterocycles. The Labute approximate surface area is 134 Å². The molecule has 1 aromatic rings. The Kier molecular flexibility index (Phi) is 4.97. The van der Waals surface area contributed by atoms with E-state index in [1.54, 1.807) is 0 Å². The van der Waals surface area contributed by atoms with Gasteiger partial charge in [-0.1, -0.05) is 13.8 Å². The minimum atomic E-state index is 0.758. The largest absolute Gasteiger partial charge is 0.369 e. The molecule has 0 bridgehead atoms. The molecule has 0 spiro atoms. The number of hydrogen-bond acceptors (Lipinski definition) is 4. The van der Waals surface area contributed by atoms with Crippen molar-refractivity contribution in [2.75, 3.05) is 31.5 Å². The van der Waals surface area contributed by atoms with Gasteiger partial charge in [0.1, 0.15) is 11.6 Å². The van der Waals surface area contributed by atoms with Crippen LogP contribution in [0.1, 0.15) is 50.2 Å². The van der Waals surface area contributed by atoms with E-state index in [2.05, 4.69) is 34.0 Å². The number of fused-ring (bicyclic) bond motifs is 1. The maximum Gasteiger partial charge on any atom is 0.133 e. The smallest absolute Gasteiger partial charge is 0.133 e. The lowest BCUT2D eigenvalue weighted by Gasteiger charge is -2.21. The lowest BCUT2D eigenvalue weighted by atomic mass is 9.96. The van der Waals surface area contributed by atoms with Crippen molar-refractivity contribution in [2.24, 2.45) is 11.8 Å². The molecule has 0 radical (unpaired) electrons. The van der Waals surface area contributed by atoms with Crippen LogP contribution in [0.3, 0.4) is 0 Å². The van der Waals surface area contributed by atoms with Gasteiger partial charge in [-0.2, -0.15) is 0 Å². The van der Waals surface area contributed by atoms with Gasteiger partial charge in [-0.25, -0.2) is 9.97 Å². The predicted octanol–water partition coefficient (Wildman–Crippen LogP) is 3.05. The number of rotatable bonds is 5. The molecule has 4 heteroatoms. The summed E-state index contributed by atoms with van der Waals surface area (Å²) in [6.07, 6.45) is 6.13. The van der Waals surface area contributed by atoms with Crippen LogP contribution in [-0.2, 0) is 12.8 Å². The predicted molar refractivity (Wildman–Crippen MR) is 91.3 cm³/mol. The summed E-state index contributed by atoms with van der Waals surface area (Å²) in [6, 6.07) is 0. The molecular formula is C18H30N4. The van der Waals surface area contributed by atoms with Crippen molar-refractivity contribution >= 4 is 5.82 Å². The van der Waals surface area contributed by atoms with Crippen LogP contribution >= 0.6 is 0 Å². The van der Waals surface area contributed by atoms with Gasteiger partial charge in [-0.3, -0.25) is 0 Å². The molecule has 1 fully saturated rings. The fourth-order valence-electron chi connectivity index (χ4n) is 3.87. The van der Waals surface area contributed by atoms with E-state index in [0.717, 1.165) is 42.9 Å². The zero-order valence-corrected chi connectivity index (χ0v) is 14.4. The summed E-state index contributed by atoms with van der Waals surface area (Å²) in [6.45, 7) is 11.4. The molecular weight excluding hydrogens is 272 g/mol. The molecule has 0 aromatic carbocycles. The normalized spacial score (nSPS) is 22.1. The van der Waals surface area contributed by atoms with Crippen molar-refractivity contribution in [1.82, 2.24) is 14.9 Å². The Morgan fingerprint density at radius 1 is 1.23 bits per heavy atom. The zero-order valence-electron chi connectivity index (χ0n) is 14.4. The molecule has 1 unspecified atom stereocenters. The summed E-state index contributed by atoms with van der Waals surface area (Å²) in [4.78, 5) is 11.9. The number of likely N-dealkylation sites (tertiary alicyclic amines) is 1. The fourth-order valence-corrected chi connectivity index (χ4v) is 3.87. The van der Waals surface area contributed by atoms with E-state index in [0.29, 0.717) is 0 Å². The van der Waals surface area contributed by atoms with Crippen LogP contribution in [0, 0.1) is 18.8 Å². The number of aryl methyl sites for hydroxylation is 2. The van der Waals surface area contributed by atoms with Gasteiger partial charge in [0.25, 0.3) is 0 Å². The summed E-state index contributed by atoms with van der Waals surface area (Å²) in [7, 11) is 0. The van der Waals surface area contributed by atoms with Gasteiger partial charge in [-0.15, -0.1) is 0 Å². The van der Waals surface area contributed by atoms with Crippen molar-refractivity contribution in [3.63, 3.8) is 0 Å². The lowest BCUT2D eigenvalue weighted by molar-refractivity contribution is 0.289. The molecule has 2 aliphatic rings. The number of aromatic nitrogens is 2. The molecule has 1 aliphatic carbocycles. The first-order valence-electron chi connectivity index (χ1n) is 8.94. The molecule has 1 atom stereocenters. The third-order valence-corrected chi connectivity index (χ3v) is 4.85. The van der Waals surface area contributed by atoms with Gasteiger partial charge >= 0.3 is 0 Å². The molecule has 0 amide bonds. The van der Waals surface area contributed by atoms with Crippen LogP contribution in [0.25, 0.3) is 0 Å². The monoisotopic (exact) mass is 302 g/mol. The second-order valence-electron chi connectivity index (χ2n) is 7.44. The first-order valence-corrected chi connectivity index (χ1v) is 8.94. The van der Waals surface area contributed by atoms with Crippen LogP contribution in [0.2, 0.25) is 0 Å². The summed E-state index contributed by atoms with van der Waals surface area (Å²) < 4.78 is 0. The van der Waals surface area contributed by atoms with Crippen molar-refractivity contribution in [3.05, 3.63) is 17.1 Å². The molecule has 3 rings (SSSR count). The van der Waals surface area contributed by atoms with E-state index in [9.17, 15) is 0 Å². The second-order valence-corrected chi connectivity index (χ2v) is 7.44. The molecule has 1 N–H and O–H groups in total. The van der Waals surface area contributed by atoms with E-state index in [4.69, 9.17) is 0 Å². The van der Waals surface area contributed by atoms with Gasteiger partial charge in [0.15, 0.2) is 0 Å². The Morgan fingerprint density at radius 2 is 2.05 bits per heavy atom. The van der Waals surface area contributed by atoms with E-state index in [1.165, 1.54) is 50.2 Å². The Hall–Kier alpha value is -1.16. The second kappa shape index (κ2) is 6.95. The van der Waals surface area contributed by atoms with Gasteiger partial charge in [-0.05, 0) is 57.4 Å². The quantitative estimate of drug-likeness (QED) is 0.907. The van der Waals surface area contributed by atoms with Gasteiger partial charge < -0.3 is 10.2 Å². The molecule has 122 valence electrons. The minimum Gasteiger partial charge on any atom is -0.369 e. The number of nitrogens with one attached hydrogen (secondary N) is 1. The highest BCUT2D eigenvalue weighted by atomic mass is 15.2. The van der Waals surface area contributed by atoms with Crippen LogP contribution in [-0.4, -0.2) is 41.0 Å². The fraction of sp³-hybridized carbons (Fsp3) is 0.778. The van der Waals surface area contributed by atoms with E-state index in [-0.39, 0.29) is 0 Å². The molecule has 2 heterocycles. The van der Waals surface area contributed by atoms with Crippen LogP contribution in [0.15, 0.2) is 0 Å². The van der Waals surface area contributed by atoms with Crippen LogP contribution in [0.5, 0.6) is 0 Å². The van der Waals surface area contributed by atoms with Crippen molar-refractivity contribution in [2.45, 2.75) is 52.9 Å². The highest BCUT2D eigenvalue weighted by molar-refractivity contribution is 5.47. The van der Waals surface area contributed by atoms with Gasteiger partial charge in [0.05, 0.1) is 0 Å². The maximum absolute atomic E-state index is 4.68. The first-order chi connectivity index (χ1) is 10.6. The molecule has 1 aromatic heterocycles. The standard InChI is InChI=1S/C18H30N4/c1-13(2)11-22-9-8-15(12-22)10-19-18-16-6-4-5-7-17(16)20-14(3)21-18/h13,15H,4-12H2,1-3H3,(H,19,20,21). The average Bonchev–Trinajstić information content (AvgIpc) is 2.91. The van der Waals surface area contributed by atoms with Crippen molar-refractivity contribution < 1.29 is 0 Å². The Balaban J connectivity index is 1.59. The van der Waals surface area contributed by atoms with E-state index >= 15 is 0 Å². The number of hydrogen-bond donors (Lipinski definition) is 1. The zero-order chi connectivity index (χ0) is 15.5. The maximum atomic E-state index is 4.68. The molecule has 22 heavy (non-hydrogen) atoms. The minimum absolute atomic E-state index is 0.758. The van der Waals surface area contributed by atoms with E-state index in [1.807, 2.05) is 6.92 Å². The molecule has 0 saturated carbocycles. The Bertz CT molecular complexity index is 512. The topological polar surface area (TPSA) is 41.1 Å². The third-order valence-electron chi connectivity index (χ3n) is 4.85. The highest BCUT2D eigenvalue weighted by Gasteiger charge is 2.23. The highest BCUT2D eigenvalue weighted by Crippen LogP contribution is 2.26. The molecule has 1 aliphatic heterocycles.